The third kappa shape index (κ3) is 3.01. The lowest BCUT2D eigenvalue weighted by atomic mass is 9.94. The highest BCUT2D eigenvalue weighted by molar-refractivity contribution is 7.09. The Morgan fingerprint density at radius 1 is 1.42 bits per heavy atom. The number of nitrogens with zero attached hydrogens (tertiary/aromatic N) is 2. The van der Waals surface area contributed by atoms with Gasteiger partial charge in [0.1, 0.15) is 0 Å². The number of hydrogen-bond donors (Lipinski definition) is 1. The second-order valence-electron chi connectivity index (χ2n) is 7.05. The van der Waals surface area contributed by atoms with Gasteiger partial charge in [-0.2, -0.15) is 0 Å². The topological polar surface area (TPSA) is 28.2 Å². The molecule has 106 valence electrons. The number of rotatable bonds is 2. The van der Waals surface area contributed by atoms with E-state index in [9.17, 15) is 0 Å². The van der Waals surface area contributed by atoms with Crippen LogP contribution in [-0.2, 0) is 12.0 Å². The van der Waals surface area contributed by atoms with Gasteiger partial charge in [-0.25, -0.2) is 4.98 Å². The molecule has 2 aliphatic heterocycles. The van der Waals surface area contributed by atoms with E-state index in [1.54, 1.807) is 0 Å². The molecule has 0 saturated carbocycles. The fraction of sp³-hybridized carbons (Fsp3) is 0.800. The fourth-order valence-corrected chi connectivity index (χ4v) is 4.12. The van der Waals surface area contributed by atoms with Crippen molar-refractivity contribution in [3.63, 3.8) is 0 Å². The average Bonchev–Trinajstić information content (AvgIpc) is 2.94. The van der Waals surface area contributed by atoms with Gasteiger partial charge in [0.05, 0.1) is 10.7 Å². The summed E-state index contributed by atoms with van der Waals surface area (Å²) in [4.78, 5) is 7.40. The van der Waals surface area contributed by atoms with Gasteiger partial charge in [-0.15, -0.1) is 11.3 Å². The summed E-state index contributed by atoms with van der Waals surface area (Å²) in [5.74, 6) is 0.870. The largest absolute Gasteiger partial charge is 0.312 e. The normalized spacial score (nSPS) is 28.6. The third-order valence-corrected chi connectivity index (χ3v) is 5.57. The van der Waals surface area contributed by atoms with Gasteiger partial charge in [0.25, 0.3) is 0 Å². The van der Waals surface area contributed by atoms with Gasteiger partial charge in [0.15, 0.2) is 0 Å². The quantitative estimate of drug-likeness (QED) is 0.902. The van der Waals surface area contributed by atoms with Gasteiger partial charge in [-0.3, -0.25) is 4.90 Å². The van der Waals surface area contributed by atoms with Crippen LogP contribution in [0.4, 0.5) is 0 Å². The SMILES string of the molecule is CC(C)(C)c1nc(CN2C[C@@H]3CCCN[C@@H]3C2)cs1. The Bertz CT molecular complexity index is 421. The Morgan fingerprint density at radius 3 is 2.95 bits per heavy atom. The summed E-state index contributed by atoms with van der Waals surface area (Å²) in [7, 11) is 0. The van der Waals surface area contributed by atoms with Crippen LogP contribution < -0.4 is 5.32 Å². The molecular weight excluding hydrogens is 254 g/mol. The van der Waals surface area contributed by atoms with E-state index in [0.29, 0.717) is 0 Å². The van der Waals surface area contributed by atoms with Gasteiger partial charge in [0.2, 0.25) is 0 Å². The Hall–Kier alpha value is -0.450. The van der Waals surface area contributed by atoms with E-state index in [0.717, 1.165) is 18.5 Å². The predicted octanol–water partition coefficient (Wildman–Crippen LogP) is 2.62. The first-order valence-corrected chi connectivity index (χ1v) is 8.31. The highest BCUT2D eigenvalue weighted by Crippen LogP contribution is 2.28. The smallest absolute Gasteiger partial charge is 0.0982 e. The molecule has 1 aromatic rings. The minimum absolute atomic E-state index is 0.184. The first kappa shape index (κ1) is 13.5. The van der Waals surface area contributed by atoms with Crippen LogP contribution in [0.3, 0.4) is 0 Å². The van der Waals surface area contributed by atoms with Crippen LogP contribution in [0.2, 0.25) is 0 Å². The molecular formula is C15H25N3S. The van der Waals surface area contributed by atoms with E-state index in [1.807, 2.05) is 11.3 Å². The number of nitrogens with one attached hydrogen (secondary N) is 1. The molecule has 3 rings (SSSR count). The van der Waals surface area contributed by atoms with E-state index >= 15 is 0 Å². The van der Waals surface area contributed by atoms with Crippen molar-refractivity contribution in [3.05, 3.63) is 16.1 Å². The zero-order chi connectivity index (χ0) is 13.5. The molecule has 2 fully saturated rings. The van der Waals surface area contributed by atoms with Crippen LogP contribution in [0.1, 0.15) is 44.3 Å². The number of fused-ring (bicyclic) bond motifs is 1. The lowest BCUT2D eigenvalue weighted by Crippen LogP contribution is -2.40. The van der Waals surface area contributed by atoms with Crippen molar-refractivity contribution in [1.82, 2.24) is 15.2 Å². The molecule has 1 aromatic heterocycles. The van der Waals surface area contributed by atoms with Crippen LogP contribution in [0.25, 0.3) is 0 Å². The molecule has 2 aliphatic rings. The number of piperidine rings is 1. The monoisotopic (exact) mass is 279 g/mol. The van der Waals surface area contributed by atoms with Crippen LogP contribution in [-0.4, -0.2) is 35.6 Å². The Labute approximate surface area is 120 Å². The lowest BCUT2D eigenvalue weighted by molar-refractivity contribution is 0.309. The number of aromatic nitrogens is 1. The summed E-state index contributed by atoms with van der Waals surface area (Å²) in [6.07, 6.45) is 2.75. The molecule has 0 radical (unpaired) electrons. The molecule has 2 saturated heterocycles. The van der Waals surface area contributed by atoms with Crippen LogP contribution in [0.5, 0.6) is 0 Å². The molecule has 3 nitrogen and oxygen atoms in total. The first-order valence-electron chi connectivity index (χ1n) is 7.43. The van der Waals surface area contributed by atoms with Gasteiger partial charge in [0, 0.05) is 36.5 Å². The summed E-state index contributed by atoms with van der Waals surface area (Å²) >= 11 is 1.81. The highest BCUT2D eigenvalue weighted by Gasteiger charge is 2.34. The van der Waals surface area contributed by atoms with Crippen LogP contribution in [0, 0.1) is 5.92 Å². The molecule has 0 aromatic carbocycles. The number of thiazole rings is 1. The van der Waals surface area contributed by atoms with Crippen molar-refractivity contribution in [2.24, 2.45) is 5.92 Å². The van der Waals surface area contributed by atoms with E-state index < -0.39 is 0 Å². The van der Waals surface area contributed by atoms with Crippen molar-refractivity contribution in [2.45, 2.75) is 51.6 Å². The highest BCUT2D eigenvalue weighted by atomic mass is 32.1. The first-order chi connectivity index (χ1) is 9.02. The maximum absolute atomic E-state index is 4.82. The molecule has 2 atom stereocenters. The summed E-state index contributed by atoms with van der Waals surface area (Å²) in [6.45, 7) is 11.4. The average molecular weight is 279 g/mol. The standard InChI is InChI=1S/C15H25N3S/c1-15(2,3)14-17-12(10-19-14)8-18-7-11-5-4-6-16-13(11)9-18/h10-11,13,16H,4-9H2,1-3H3/t11-,13+/m0/s1. The van der Waals surface area contributed by atoms with Crippen molar-refractivity contribution in [2.75, 3.05) is 19.6 Å². The molecule has 0 spiro atoms. The van der Waals surface area contributed by atoms with Gasteiger partial charge >= 0.3 is 0 Å². The van der Waals surface area contributed by atoms with E-state index in [2.05, 4.69) is 36.4 Å². The fourth-order valence-electron chi connectivity index (χ4n) is 3.22. The molecule has 1 N–H and O–H groups in total. The summed E-state index contributed by atoms with van der Waals surface area (Å²) in [5.41, 5.74) is 1.44. The Balaban J connectivity index is 1.61. The summed E-state index contributed by atoms with van der Waals surface area (Å²) < 4.78 is 0. The maximum atomic E-state index is 4.82. The molecule has 19 heavy (non-hydrogen) atoms. The Morgan fingerprint density at radius 2 is 2.26 bits per heavy atom. The molecule has 3 heterocycles. The molecule has 0 unspecified atom stereocenters. The Kier molecular flexibility index (Phi) is 3.67. The van der Waals surface area contributed by atoms with Crippen molar-refractivity contribution in [1.29, 1.82) is 0 Å². The van der Waals surface area contributed by atoms with Crippen molar-refractivity contribution >= 4 is 11.3 Å². The zero-order valence-corrected chi connectivity index (χ0v) is 13.1. The van der Waals surface area contributed by atoms with Gasteiger partial charge in [-0.1, -0.05) is 20.8 Å². The number of hydrogen-bond acceptors (Lipinski definition) is 4. The predicted molar refractivity (Wildman–Crippen MR) is 80.6 cm³/mol. The second kappa shape index (κ2) is 5.15. The molecule has 0 amide bonds. The molecule has 0 aliphatic carbocycles. The summed E-state index contributed by atoms with van der Waals surface area (Å²) in [6, 6.07) is 0.731. The van der Waals surface area contributed by atoms with E-state index in [1.165, 1.54) is 43.2 Å². The maximum Gasteiger partial charge on any atom is 0.0982 e. The third-order valence-electron chi connectivity index (χ3n) is 4.25. The van der Waals surface area contributed by atoms with Crippen molar-refractivity contribution < 1.29 is 0 Å². The van der Waals surface area contributed by atoms with E-state index in [4.69, 9.17) is 4.98 Å². The number of likely N-dealkylation sites (tertiary alicyclic amines) is 1. The molecule has 0 bridgehead atoms. The van der Waals surface area contributed by atoms with Gasteiger partial charge < -0.3 is 5.32 Å². The minimum atomic E-state index is 0.184. The second-order valence-corrected chi connectivity index (χ2v) is 7.91. The lowest BCUT2D eigenvalue weighted by Gasteiger charge is -2.24. The molecule has 4 heteroatoms. The summed E-state index contributed by atoms with van der Waals surface area (Å²) in [5, 5.41) is 7.17. The van der Waals surface area contributed by atoms with Gasteiger partial charge in [-0.05, 0) is 25.3 Å². The minimum Gasteiger partial charge on any atom is -0.312 e. The van der Waals surface area contributed by atoms with Crippen LogP contribution >= 0.6 is 11.3 Å². The van der Waals surface area contributed by atoms with Crippen molar-refractivity contribution in [3.8, 4) is 0 Å². The zero-order valence-electron chi connectivity index (χ0n) is 12.3. The van der Waals surface area contributed by atoms with Crippen LogP contribution in [0.15, 0.2) is 5.38 Å². The van der Waals surface area contributed by atoms with E-state index in [-0.39, 0.29) is 5.41 Å².